The molecule has 1 aromatic carbocycles. The molecular formula is C16H19F3N4OS. The zero-order chi connectivity index (χ0) is 18.6. The number of rotatable bonds is 6. The van der Waals surface area contributed by atoms with Crippen molar-refractivity contribution in [2.45, 2.75) is 37.8 Å². The zero-order valence-electron chi connectivity index (χ0n) is 14.1. The maximum atomic E-state index is 12.6. The summed E-state index contributed by atoms with van der Waals surface area (Å²) in [5.41, 5.74) is -0.0620. The lowest BCUT2D eigenvalue weighted by atomic mass is 10.1. The molecule has 0 aliphatic rings. The maximum absolute atomic E-state index is 12.6. The summed E-state index contributed by atoms with van der Waals surface area (Å²) in [5.74, 6) is 0.0472. The molecule has 0 aliphatic heterocycles. The number of hydrogen-bond acceptors (Lipinski definition) is 4. The first kappa shape index (κ1) is 19.3. The molecule has 2 aromatic rings. The Hall–Kier alpha value is -2.03. The third-order valence-corrected chi connectivity index (χ3v) is 4.49. The van der Waals surface area contributed by atoms with E-state index in [-0.39, 0.29) is 24.2 Å². The quantitative estimate of drug-likeness (QED) is 0.727. The highest BCUT2D eigenvalue weighted by Crippen LogP contribution is 2.29. The van der Waals surface area contributed by atoms with Crippen LogP contribution >= 0.6 is 11.8 Å². The molecule has 0 atom stereocenters. The van der Waals surface area contributed by atoms with Crippen molar-refractivity contribution in [2.75, 3.05) is 12.8 Å². The van der Waals surface area contributed by atoms with Gasteiger partial charge in [-0.15, -0.1) is 10.2 Å². The van der Waals surface area contributed by atoms with E-state index in [0.717, 1.165) is 12.1 Å². The van der Waals surface area contributed by atoms with Gasteiger partial charge < -0.3 is 9.47 Å². The van der Waals surface area contributed by atoms with Crippen LogP contribution in [-0.4, -0.2) is 38.4 Å². The predicted molar refractivity (Wildman–Crippen MR) is 89.0 cm³/mol. The van der Waals surface area contributed by atoms with Crippen LogP contribution in [0.15, 0.2) is 35.7 Å². The Morgan fingerprint density at radius 1 is 1.28 bits per heavy atom. The Bertz CT molecular complexity index is 713. The van der Waals surface area contributed by atoms with Crippen molar-refractivity contribution in [1.82, 2.24) is 19.7 Å². The van der Waals surface area contributed by atoms with Crippen molar-refractivity contribution < 1.29 is 18.0 Å². The Balaban J connectivity index is 1.91. The van der Waals surface area contributed by atoms with Crippen LogP contribution in [0.1, 0.15) is 31.0 Å². The van der Waals surface area contributed by atoms with Gasteiger partial charge in [-0.2, -0.15) is 13.2 Å². The standard InChI is InChI=1S/C16H19F3N4OS/c1-11(2)23-10-20-21-15(23)25-9-14(24)22(3)8-12-4-6-13(7-5-12)16(17,18)19/h4-7,10-11H,8-9H2,1-3H3. The number of amides is 1. The Morgan fingerprint density at radius 2 is 1.92 bits per heavy atom. The van der Waals surface area contributed by atoms with Gasteiger partial charge in [-0.1, -0.05) is 23.9 Å². The number of carbonyl (C=O) groups excluding carboxylic acids is 1. The fourth-order valence-electron chi connectivity index (χ4n) is 2.09. The summed E-state index contributed by atoms with van der Waals surface area (Å²) in [6.07, 6.45) is -2.74. The number of benzene rings is 1. The molecule has 0 bridgehead atoms. The third kappa shape index (κ3) is 5.22. The van der Waals surface area contributed by atoms with E-state index in [0.29, 0.717) is 10.7 Å². The number of halogens is 3. The van der Waals surface area contributed by atoms with Crippen molar-refractivity contribution in [3.8, 4) is 0 Å². The van der Waals surface area contributed by atoms with Gasteiger partial charge in [-0.05, 0) is 31.5 Å². The third-order valence-electron chi connectivity index (χ3n) is 3.55. The molecule has 0 fully saturated rings. The van der Waals surface area contributed by atoms with Crippen LogP contribution in [0.25, 0.3) is 0 Å². The van der Waals surface area contributed by atoms with E-state index in [1.165, 1.54) is 28.8 Å². The van der Waals surface area contributed by atoms with E-state index in [4.69, 9.17) is 0 Å². The van der Waals surface area contributed by atoms with Gasteiger partial charge in [0.15, 0.2) is 5.16 Å². The molecule has 0 saturated carbocycles. The van der Waals surface area contributed by atoms with Crippen LogP contribution in [0.5, 0.6) is 0 Å². The Kier molecular flexibility index (Phi) is 6.10. The van der Waals surface area contributed by atoms with E-state index < -0.39 is 11.7 Å². The normalized spacial score (nSPS) is 11.8. The van der Waals surface area contributed by atoms with Crippen LogP contribution in [-0.2, 0) is 17.5 Å². The second-order valence-electron chi connectivity index (χ2n) is 5.85. The maximum Gasteiger partial charge on any atom is 0.416 e. The van der Waals surface area contributed by atoms with E-state index in [2.05, 4.69) is 10.2 Å². The highest BCUT2D eigenvalue weighted by Gasteiger charge is 2.30. The molecule has 1 heterocycles. The van der Waals surface area contributed by atoms with Crippen LogP contribution in [0.3, 0.4) is 0 Å². The monoisotopic (exact) mass is 372 g/mol. The van der Waals surface area contributed by atoms with Gasteiger partial charge in [0, 0.05) is 19.6 Å². The lowest BCUT2D eigenvalue weighted by molar-refractivity contribution is -0.137. The zero-order valence-corrected chi connectivity index (χ0v) is 14.9. The highest BCUT2D eigenvalue weighted by atomic mass is 32.2. The van der Waals surface area contributed by atoms with Gasteiger partial charge in [0.2, 0.25) is 5.91 Å². The van der Waals surface area contributed by atoms with Gasteiger partial charge in [0.25, 0.3) is 0 Å². The van der Waals surface area contributed by atoms with Crippen LogP contribution < -0.4 is 0 Å². The van der Waals surface area contributed by atoms with E-state index in [9.17, 15) is 18.0 Å². The molecule has 1 amide bonds. The van der Waals surface area contributed by atoms with Crippen LogP contribution in [0, 0.1) is 0 Å². The van der Waals surface area contributed by atoms with Crippen molar-refractivity contribution in [2.24, 2.45) is 0 Å². The van der Waals surface area contributed by atoms with Crippen molar-refractivity contribution in [1.29, 1.82) is 0 Å². The minimum absolute atomic E-state index is 0.136. The number of carbonyl (C=O) groups is 1. The summed E-state index contributed by atoms with van der Waals surface area (Å²) in [4.78, 5) is 13.7. The van der Waals surface area contributed by atoms with Gasteiger partial charge in [-0.25, -0.2) is 0 Å². The second-order valence-corrected chi connectivity index (χ2v) is 6.79. The molecule has 0 saturated heterocycles. The SMILES string of the molecule is CC(C)n1cnnc1SCC(=O)N(C)Cc1ccc(C(F)(F)F)cc1. The van der Waals surface area contributed by atoms with E-state index >= 15 is 0 Å². The number of aromatic nitrogens is 3. The Labute approximate surface area is 148 Å². The lowest BCUT2D eigenvalue weighted by Crippen LogP contribution is -2.28. The minimum Gasteiger partial charge on any atom is -0.341 e. The van der Waals surface area contributed by atoms with E-state index in [1.54, 1.807) is 13.4 Å². The molecule has 0 unspecified atom stereocenters. The number of thioether (sulfide) groups is 1. The molecule has 0 N–H and O–H groups in total. The molecule has 136 valence electrons. The molecule has 2 rings (SSSR count). The van der Waals surface area contributed by atoms with Gasteiger partial charge in [0.1, 0.15) is 6.33 Å². The first-order valence-electron chi connectivity index (χ1n) is 7.61. The molecule has 9 heteroatoms. The van der Waals surface area contributed by atoms with Gasteiger partial charge >= 0.3 is 6.18 Å². The first-order valence-corrected chi connectivity index (χ1v) is 8.59. The second kappa shape index (κ2) is 7.90. The molecule has 0 radical (unpaired) electrons. The highest BCUT2D eigenvalue weighted by molar-refractivity contribution is 7.99. The summed E-state index contributed by atoms with van der Waals surface area (Å²) in [5, 5.41) is 8.48. The number of hydrogen-bond donors (Lipinski definition) is 0. The van der Waals surface area contributed by atoms with Crippen molar-refractivity contribution >= 4 is 17.7 Å². The average molecular weight is 372 g/mol. The summed E-state index contributed by atoms with van der Waals surface area (Å²) in [6, 6.07) is 5.00. The molecule has 0 aliphatic carbocycles. The van der Waals surface area contributed by atoms with Gasteiger partial charge in [0.05, 0.1) is 11.3 Å². The summed E-state index contributed by atoms with van der Waals surface area (Å²) in [6.45, 7) is 4.23. The average Bonchev–Trinajstić information content (AvgIpc) is 3.01. The fourth-order valence-corrected chi connectivity index (χ4v) is 3.07. The van der Waals surface area contributed by atoms with Crippen molar-refractivity contribution in [3.63, 3.8) is 0 Å². The summed E-state index contributed by atoms with van der Waals surface area (Å²) >= 11 is 1.28. The topological polar surface area (TPSA) is 51.0 Å². The number of nitrogens with zero attached hydrogens (tertiary/aromatic N) is 4. The minimum atomic E-state index is -4.36. The largest absolute Gasteiger partial charge is 0.416 e. The predicted octanol–water partition coefficient (Wildman–Crippen LogP) is 3.63. The molecule has 5 nitrogen and oxygen atoms in total. The lowest BCUT2D eigenvalue weighted by Gasteiger charge is -2.18. The summed E-state index contributed by atoms with van der Waals surface area (Å²) in [7, 11) is 1.62. The fraction of sp³-hybridized carbons (Fsp3) is 0.438. The smallest absolute Gasteiger partial charge is 0.341 e. The Morgan fingerprint density at radius 3 is 2.48 bits per heavy atom. The van der Waals surface area contributed by atoms with E-state index in [1.807, 2.05) is 18.4 Å². The molecule has 25 heavy (non-hydrogen) atoms. The molecule has 1 aromatic heterocycles. The summed E-state index contributed by atoms with van der Waals surface area (Å²) < 4.78 is 39.5. The first-order chi connectivity index (χ1) is 11.7. The van der Waals surface area contributed by atoms with Crippen LogP contribution in [0.4, 0.5) is 13.2 Å². The van der Waals surface area contributed by atoms with Crippen molar-refractivity contribution in [3.05, 3.63) is 41.7 Å². The molecular weight excluding hydrogens is 353 g/mol. The van der Waals surface area contributed by atoms with Gasteiger partial charge in [-0.3, -0.25) is 4.79 Å². The molecule has 0 spiro atoms. The number of alkyl halides is 3. The van der Waals surface area contributed by atoms with Crippen LogP contribution in [0.2, 0.25) is 0 Å².